The quantitative estimate of drug-likeness (QED) is 0.917. The molecular formula is C14H16N2OS. The minimum atomic E-state index is 0.00611. The van der Waals surface area contributed by atoms with Crippen LogP contribution in [-0.2, 0) is 17.6 Å². The number of amides is 1. The summed E-state index contributed by atoms with van der Waals surface area (Å²) in [7, 11) is 0. The number of thiazole rings is 1. The lowest BCUT2D eigenvalue weighted by Gasteiger charge is -2.05. The standard InChI is InChI=1S/C14H16N2OS/c1-3-11-4-6-12(7-5-11)16-14(17)8-13-10(2)15-9-18-13/h4-7,9H,3,8H2,1-2H3,(H,16,17). The van der Waals surface area contributed by atoms with Gasteiger partial charge in [-0.25, -0.2) is 4.98 Å². The molecule has 2 aromatic rings. The summed E-state index contributed by atoms with van der Waals surface area (Å²) in [6, 6.07) is 7.95. The van der Waals surface area contributed by atoms with E-state index in [0.717, 1.165) is 22.7 Å². The summed E-state index contributed by atoms with van der Waals surface area (Å²) in [6.45, 7) is 4.04. The summed E-state index contributed by atoms with van der Waals surface area (Å²) < 4.78 is 0. The van der Waals surface area contributed by atoms with E-state index in [9.17, 15) is 4.79 Å². The van der Waals surface area contributed by atoms with Crippen LogP contribution in [0.1, 0.15) is 23.1 Å². The van der Waals surface area contributed by atoms with Gasteiger partial charge in [-0.15, -0.1) is 11.3 Å². The predicted octanol–water partition coefficient (Wildman–Crippen LogP) is 3.20. The molecule has 0 fully saturated rings. The van der Waals surface area contributed by atoms with E-state index >= 15 is 0 Å². The van der Waals surface area contributed by atoms with Gasteiger partial charge in [-0.3, -0.25) is 4.79 Å². The van der Waals surface area contributed by atoms with Crippen LogP contribution < -0.4 is 5.32 Å². The van der Waals surface area contributed by atoms with Crippen LogP contribution in [0, 0.1) is 6.92 Å². The van der Waals surface area contributed by atoms with E-state index in [1.807, 2.05) is 31.2 Å². The van der Waals surface area contributed by atoms with Crippen molar-refractivity contribution in [3.8, 4) is 0 Å². The molecule has 0 unspecified atom stereocenters. The second kappa shape index (κ2) is 5.78. The molecule has 0 radical (unpaired) electrons. The van der Waals surface area contributed by atoms with E-state index in [-0.39, 0.29) is 5.91 Å². The zero-order valence-electron chi connectivity index (χ0n) is 10.6. The number of nitrogens with one attached hydrogen (secondary N) is 1. The number of carbonyl (C=O) groups is 1. The first kappa shape index (κ1) is 12.8. The summed E-state index contributed by atoms with van der Waals surface area (Å²) in [5, 5.41) is 2.90. The van der Waals surface area contributed by atoms with Gasteiger partial charge in [-0.2, -0.15) is 0 Å². The molecule has 4 heteroatoms. The molecule has 1 N–H and O–H groups in total. The molecule has 0 bridgehead atoms. The van der Waals surface area contributed by atoms with Crippen LogP contribution in [0.2, 0.25) is 0 Å². The second-order valence-corrected chi connectivity index (χ2v) is 5.08. The van der Waals surface area contributed by atoms with Crippen LogP contribution in [0.3, 0.4) is 0 Å². The summed E-state index contributed by atoms with van der Waals surface area (Å²) in [5.74, 6) is 0.00611. The number of aromatic nitrogens is 1. The number of hydrogen-bond acceptors (Lipinski definition) is 3. The molecule has 1 amide bonds. The Kier molecular flexibility index (Phi) is 4.10. The van der Waals surface area contributed by atoms with E-state index in [2.05, 4.69) is 17.2 Å². The lowest BCUT2D eigenvalue weighted by Crippen LogP contribution is -2.14. The average Bonchev–Trinajstić information content (AvgIpc) is 2.76. The fraction of sp³-hybridized carbons (Fsp3) is 0.286. The van der Waals surface area contributed by atoms with E-state index in [1.165, 1.54) is 16.9 Å². The van der Waals surface area contributed by atoms with Gasteiger partial charge >= 0.3 is 0 Å². The Labute approximate surface area is 111 Å². The number of nitrogens with zero attached hydrogens (tertiary/aromatic N) is 1. The monoisotopic (exact) mass is 260 g/mol. The van der Waals surface area contributed by atoms with Crippen molar-refractivity contribution in [1.29, 1.82) is 0 Å². The fourth-order valence-electron chi connectivity index (χ4n) is 1.67. The van der Waals surface area contributed by atoms with Gasteiger partial charge < -0.3 is 5.32 Å². The molecule has 0 saturated heterocycles. The van der Waals surface area contributed by atoms with E-state index in [0.29, 0.717) is 6.42 Å². The first-order valence-electron chi connectivity index (χ1n) is 5.96. The van der Waals surface area contributed by atoms with Crippen molar-refractivity contribution in [2.75, 3.05) is 5.32 Å². The molecule has 0 aliphatic heterocycles. The molecule has 0 aliphatic carbocycles. The fourth-order valence-corrected chi connectivity index (χ4v) is 2.45. The molecule has 1 aromatic heterocycles. The summed E-state index contributed by atoms with van der Waals surface area (Å²) in [5.41, 5.74) is 4.83. The second-order valence-electron chi connectivity index (χ2n) is 4.14. The zero-order chi connectivity index (χ0) is 13.0. The van der Waals surface area contributed by atoms with Gasteiger partial charge in [0.15, 0.2) is 0 Å². The highest BCUT2D eigenvalue weighted by molar-refractivity contribution is 7.09. The molecule has 2 rings (SSSR count). The molecule has 0 aliphatic rings. The van der Waals surface area contributed by atoms with Gasteiger partial charge in [0, 0.05) is 10.6 Å². The van der Waals surface area contributed by atoms with Gasteiger partial charge in [0.25, 0.3) is 0 Å². The normalized spacial score (nSPS) is 10.3. The third-order valence-electron chi connectivity index (χ3n) is 2.81. The minimum Gasteiger partial charge on any atom is -0.326 e. The number of benzene rings is 1. The van der Waals surface area contributed by atoms with Crippen LogP contribution in [-0.4, -0.2) is 10.9 Å². The first-order valence-corrected chi connectivity index (χ1v) is 6.84. The van der Waals surface area contributed by atoms with Crippen molar-refractivity contribution in [3.05, 3.63) is 45.9 Å². The Balaban J connectivity index is 1.96. The van der Waals surface area contributed by atoms with E-state index < -0.39 is 0 Å². The molecular weight excluding hydrogens is 244 g/mol. The highest BCUT2D eigenvalue weighted by Crippen LogP contribution is 2.15. The largest absolute Gasteiger partial charge is 0.326 e. The van der Waals surface area contributed by atoms with Crippen molar-refractivity contribution >= 4 is 22.9 Å². The molecule has 1 aromatic carbocycles. The smallest absolute Gasteiger partial charge is 0.229 e. The van der Waals surface area contributed by atoms with Crippen molar-refractivity contribution in [3.63, 3.8) is 0 Å². The lowest BCUT2D eigenvalue weighted by molar-refractivity contribution is -0.115. The van der Waals surface area contributed by atoms with Gasteiger partial charge in [-0.05, 0) is 31.0 Å². The maximum absolute atomic E-state index is 11.9. The first-order chi connectivity index (χ1) is 8.69. The van der Waals surface area contributed by atoms with Crippen LogP contribution in [0.5, 0.6) is 0 Å². The highest BCUT2D eigenvalue weighted by atomic mass is 32.1. The third kappa shape index (κ3) is 3.17. The van der Waals surface area contributed by atoms with Gasteiger partial charge in [0.1, 0.15) is 0 Å². The Morgan fingerprint density at radius 2 is 2.06 bits per heavy atom. The minimum absolute atomic E-state index is 0.00611. The average molecular weight is 260 g/mol. The van der Waals surface area contributed by atoms with Gasteiger partial charge in [-0.1, -0.05) is 19.1 Å². The number of aryl methyl sites for hydroxylation is 2. The van der Waals surface area contributed by atoms with Gasteiger partial charge in [0.05, 0.1) is 17.6 Å². The Morgan fingerprint density at radius 1 is 1.33 bits per heavy atom. The molecule has 0 spiro atoms. The summed E-state index contributed by atoms with van der Waals surface area (Å²) >= 11 is 1.52. The van der Waals surface area contributed by atoms with Crippen molar-refractivity contribution in [1.82, 2.24) is 4.98 Å². The summed E-state index contributed by atoms with van der Waals surface area (Å²) in [4.78, 5) is 17.0. The van der Waals surface area contributed by atoms with Crippen molar-refractivity contribution < 1.29 is 4.79 Å². The molecule has 3 nitrogen and oxygen atoms in total. The van der Waals surface area contributed by atoms with E-state index in [4.69, 9.17) is 0 Å². The topological polar surface area (TPSA) is 42.0 Å². The SMILES string of the molecule is CCc1ccc(NC(=O)Cc2scnc2C)cc1. The molecule has 0 saturated carbocycles. The maximum atomic E-state index is 11.9. The molecule has 1 heterocycles. The Hall–Kier alpha value is -1.68. The molecule has 94 valence electrons. The molecule has 18 heavy (non-hydrogen) atoms. The van der Waals surface area contributed by atoms with Crippen LogP contribution >= 0.6 is 11.3 Å². The molecule has 0 atom stereocenters. The zero-order valence-corrected chi connectivity index (χ0v) is 11.4. The van der Waals surface area contributed by atoms with Crippen molar-refractivity contribution in [2.45, 2.75) is 26.7 Å². The Bertz CT molecular complexity index is 531. The highest BCUT2D eigenvalue weighted by Gasteiger charge is 2.08. The van der Waals surface area contributed by atoms with Gasteiger partial charge in [0.2, 0.25) is 5.91 Å². The number of rotatable bonds is 4. The third-order valence-corrected chi connectivity index (χ3v) is 3.75. The van der Waals surface area contributed by atoms with Crippen LogP contribution in [0.25, 0.3) is 0 Å². The predicted molar refractivity (Wildman–Crippen MR) is 75.0 cm³/mol. The summed E-state index contributed by atoms with van der Waals surface area (Å²) in [6.07, 6.45) is 1.40. The Morgan fingerprint density at radius 3 is 2.61 bits per heavy atom. The number of anilines is 1. The van der Waals surface area contributed by atoms with Crippen LogP contribution in [0.4, 0.5) is 5.69 Å². The van der Waals surface area contributed by atoms with Crippen LogP contribution in [0.15, 0.2) is 29.8 Å². The lowest BCUT2D eigenvalue weighted by atomic mass is 10.1. The number of hydrogen-bond donors (Lipinski definition) is 1. The maximum Gasteiger partial charge on any atom is 0.229 e. The van der Waals surface area contributed by atoms with Crippen molar-refractivity contribution in [2.24, 2.45) is 0 Å². The van der Waals surface area contributed by atoms with E-state index in [1.54, 1.807) is 5.51 Å². The number of carbonyl (C=O) groups excluding carboxylic acids is 1.